The van der Waals surface area contributed by atoms with Crippen LogP contribution in [0.25, 0.3) is 0 Å². The van der Waals surface area contributed by atoms with Crippen LogP contribution in [0.4, 0.5) is 0 Å². The first kappa shape index (κ1) is 18.5. The Morgan fingerprint density at radius 1 is 0.909 bits per heavy atom. The van der Waals surface area contributed by atoms with Crippen molar-refractivity contribution < 1.29 is 9.90 Å². The van der Waals surface area contributed by atoms with Gasteiger partial charge in [0.25, 0.3) is 0 Å². The largest absolute Gasteiger partial charge is 0.481 e. The van der Waals surface area contributed by atoms with Crippen LogP contribution in [0.2, 0.25) is 0 Å². The summed E-state index contributed by atoms with van der Waals surface area (Å²) in [7, 11) is 0. The molecule has 2 nitrogen and oxygen atoms in total. The highest BCUT2D eigenvalue weighted by Gasteiger charge is 2.50. The molecule has 122 valence electrons. The number of hydrogen-bond acceptors (Lipinski definition) is 1. The van der Waals surface area contributed by atoms with Gasteiger partial charge in [0.05, 0.1) is 0 Å². The molecule has 0 heterocycles. The maximum absolute atomic E-state index is 11.3. The van der Waals surface area contributed by atoms with Crippen LogP contribution in [0.3, 0.4) is 0 Å². The van der Waals surface area contributed by atoms with Crippen molar-refractivity contribution in [2.24, 2.45) is 16.7 Å². The molecule has 0 radical (unpaired) electrons. The van der Waals surface area contributed by atoms with E-state index in [4.69, 9.17) is 0 Å². The number of hydrogen-bond donors (Lipinski definition) is 1. The lowest BCUT2D eigenvalue weighted by atomic mass is 9.51. The maximum atomic E-state index is 11.3. The molecule has 1 aliphatic rings. The molecule has 1 rings (SSSR count). The van der Waals surface area contributed by atoms with Crippen LogP contribution in [0.5, 0.6) is 0 Å². The summed E-state index contributed by atoms with van der Waals surface area (Å²) in [5.74, 6) is -0.672. The van der Waals surface area contributed by atoms with E-state index in [0.717, 1.165) is 41.6 Å². The molecule has 0 aromatic rings. The molecule has 1 fully saturated rings. The summed E-state index contributed by atoms with van der Waals surface area (Å²) in [6.45, 7) is 24.9. The minimum atomic E-state index is -0.749. The monoisotopic (exact) mass is 302 g/mol. The summed E-state index contributed by atoms with van der Waals surface area (Å²) in [6.07, 6.45) is 2.62. The van der Waals surface area contributed by atoms with Crippen molar-refractivity contribution >= 4 is 5.97 Å². The van der Waals surface area contributed by atoms with Gasteiger partial charge < -0.3 is 5.11 Å². The first-order valence-electron chi connectivity index (χ1n) is 7.83. The van der Waals surface area contributed by atoms with E-state index < -0.39 is 5.97 Å². The fraction of sp³-hybridized carbons (Fsp3) is 0.550. The van der Waals surface area contributed by atoms with Gasteiger partial charge in [-0.3, -0.25) is 4.79 Å². The van der Waals surface area contributed by atoms with Gasteiger partial charge in [0.1, 0.15) is 0 Å². The molecule has 0 aromatic heterocycles. The Hall–Kier alpha value is -1.57. The Kier molecular flexibility index (Phi) is 5.27. The Balaban J connectivity index is 3.46. The lowest BCUT2D eigenvalue weighted by Gasteiger charge is -2.53. The molecule has 22 heavy (non-hydrogen) atoms. The Morgan fingerprint density at radius 2 is 1.23 bits per heavy atom. The van der Waals surface area contributed by atoms with Gasteiger partial charge in [-0.05, 0) is 52.9 Å². The maximum Gasteiger partial charge on any atom is 0.303 e. The van der Waals surface area contributed by atoms with Crippen LogP contribution in [0, 0.1) is 16.7 Å². The molecule has 0 bridgehead atoms. The Bertz CT molecular complexity index is 468. The van der Waals surface area contributed by atoms with Crippen LogP contribution < -0.4 is 0 Å². The van der Waals surface area contributed by atoms with Crippen molar-refractivity contribution in [2.75, 3.05) is 0 Å². The topological polar surface area (TPSA) is 37.3 Å². The first-order valence-corrected chi connectivity index (χ1v) is 7.83. The molecule has 0 aromatic carbocycles. The lowest BCUT2D eigenvalue weighted by molar-refractivity contribution is -0.138. The molecule has 0 aliphatic heterocycles. The molecule has 1 aliphatic carbocycles. The van der Waals surface area contributed by atoms with Crippen molar-refractivity contribution in [3.8, 4) is 0 Å². The van der Waals surface area contributed by atoms with E-state index in [1.807, 2.05) is 27.7 Å². The van der Waals surface area contributed by atoms with Crippen molar-refractivity contribution in [1.29, 1.82) is 0 Å². The number of aliphatic carboxylic acids is 1. The van der Waals surface area contributed by atoms with E-state index in [2.05, 4.69) is 26.3 Å². The molecule has 1 N–H and O–H groups in total. The summed E-state index contributed by atoms with van der Waals surface area (Å²) in [5, 5.41) is 9.27. The second kappa shape index (κ2) is 6.28. The average Bonchev–Trinajstić information content (AvgIpc) is 2.36. The minimum absolute atomic E-state index is 0.0769. The smallest absolute Gasteiger partial charge is 0.303 e. The van der Waals surface area contributed by atoms with E-state index in [0.29, 0.717) is 0 Å². The fourth-order valence-electron chi connectivity index (χ4n) is 4.14. The van der Waals surface area contributed by atoms with E-state index in [1.165, 1.54) is 0 Å². The third kappa shape index (κ3) is 3.11. The van der Waals surface area contributed by atoms with Crippen LogP contribution in [0.15, 0.2) is 48.6 Å². The molecule has 0 atom stereocenters. The molecule has 0 unspecified atom stereocenters. The summed E-state index contributed by atoms with van der Waals surface area (Å²) < 4.78 is 0. The fourth-order valence-corrected chi connectivity index (χ4v) is 4.14. The summed E-state index contributed by atoms with van der Waals surface area (Å²) in [4.78, 5) is 11.3. The molecule has 0 saturated heterocycles. The minimum Gasteiger partial charge on any atom is -0.481 e. The zero-order valence-electron chi connectivity index (χ0n) is 14.6. The van der Waals surface area contributed by atoms with E-state index in [9.17, 15) is 9.90 Å². The van der Waals surface area contributed by atoms with Gasteiger partial charge in [-0.25, -0.2) is 0 Å². The number of carboxylic acids is 1. The normalized spacial score (nSPS) is 20.2. The predicted molar refractivity (Wildman–Crippen MR) is 93.7 cm³/mol. The average molecular weight is 302 g/mol. The van der Waals surface area contributed by atoms with Gasteiger partial charge >= 0.3 is 5.97 Å². The van der Waals surface area contributed by atoms with E-state index >= 15 is 0 Å². The molecule has 0 spiro atoms. The third-order valence-corrected chi connectivity index (χ3v) is 5.61. The standard InChI is InChI=1S/C20H30O2/c1-13(2)19(14(3)4)10-17(9-18(21)22)11-20(12-19,15(5)6)16(7)8/h17H,1,3,5,7,9-12H2,2,4,6,8H3,(H,21,22). The summed E-state index contributed by atoms with van der Waals surface area (Å²) in [6, 6.07) is 0. The van der Waals surface area contributed by atoms with Crippen LogP contribution in [-0.4, -0.2) is 11.1 Å². The molecule has 1 saturated carbocycles. The van der Waals surface area contributed by atoms with Crippen LogP contribution in [0.1, 0.15) is 53.4 Å². The molecular weight excluding hydrogens is 272 g/mol. The second-order valence-corrected chi connectivity index (χ2v) is 7.33. The van der Waals surface area contributed by atoms with Crippen molar-refractivity contribution in [3.63, 3.8) is 0 Å². The van der Waals surface area contributed by atoms with Crippen LogP contribution in [-0.2, 0) is 4.79 Å². The quantitative estimate of drug-likeness (QED) is 0.654. The highest BCUT2D eigenvalue weighted by molar-refractivity contribution is 5.67. The van der Waals surface area contributed by atoms with Gasteiger partial charge in [0.2, 0.25) is 0 Å². The van der Waals surface area contributed by atoms with Gasteiger partial charge in [0.15, 0.2) is 0 Å². The van der Waals surface area contributed by atoms with Gasteiger partial charge in [-0.2, -0.15) is 0 Å². The number of allylic oxidation sites excluding steroid dienone is 4. The SMILES string of the molecule is C=C(C)C1(C(=C)C)CC(CC(=O)O)CC(C(=C)C)(C(=C)C)C1. The second-order valence-electron chi connectivity index (χ2n) is 7.33. The predicted octanol–water partition coefficient (Wildman–Crippen LogP) is 5.54. The number of carbonyl (C=O) groups is 1. The van der Waals surface area contributed by atoms with Crippen LogP contribution >= 0.6 is 0 Å². The number of rotatable bonds is 6. The lowest BCUT2D eigenvalue weighted by Crippen LogP contribution is -2.43. The Labute approximate surface area is 135 Å². The van der Waals surface area contributed by atoms with Gasteiger partial charge in [-0.15, -0.1) is 0 Å². The molecular formula is C20H30O2. The van der Waals surface area contributed by atoms with Crippen molar-refractivity contribution in [3.05, 3.63) is 48.6 Å². The van der Waals surface area contributed by atoms with Gasteiger partial charge in [0, 0.05) is 17.3 Å². The van der Waals surface area contributed by atoms with Gasteiger partial charge in [-0.1, -0.05) is 48.6 Å². The van der Waals surface area contributed by atoms with Crippen molar-refractivity contribution in [1.82, 2.24) is 0 Å². The molecule has 2 heteroatoms. The zero-order chi connectivity index (χ0) is 17.3. The number of carboxylic acid groups (broad SMARTS) is 1. The summed E-state index contributed by atoms with van der Waals surface area (Å²) in [5.41, 5.74) is 3.75. The summed E-state index contributed by atoms with van der Waals surface area (Å²) >= 11 is 0. The highest BCUT2D eigenvalue weighted by Crippen LogP contribution is 2.60. The third-order valence-electron chi connectivity index (χ3n) is 5.61. The van der Waals surface area contributed by atoms with E-state index in [1.54, 1.807) is 0 Å². The zero-order valence-corrected chi connectivity index (χ0v) is 14.6. The molecule has 0 amide bonds. The van der Waals surface area contributed by atoms with Crippen molar-refractivity contribution in [2.45, 2.75) is 53.4 Å². The highest BCUT2D eigenvalue weighted by atomic mass is 16.4. The Morgan fingerprint density at radius 3 is 1.45 bits per heavy atom. The first-order chi connectivity index (χ1) is 9.98. The van der Waals surface area contributed by atoms with E-state index in [-0.39, 0.29) is 23.2 Å².